The van der Waals surface area contributed by atoms with Gasteiger partial charge in [-0.2, -0.15) is 0 Å². The van der Waals surface area contributed by atoms with Crippen molar-refractivity contribution >= 4 is 29.3 Å². The Labute approximate surface area is 168 Å². The van der Waals surface area contributed by atoms with E-state index in [4.69, 9.17) is 16.3 Å². The van der Waals surface area contributed by atoms with Crippen molar-refractivity contribution in [2.75, 3.05) is 7.11 Å². The van der Waals surface area contributed by atoms with Gasteiger partial charge in [-0.25, -0.2) is 4.79 Å². The molecule has 2 nitrogen and oxygen atoms in total. The molecular formula is C23H19ClO2S. The van der Waals surface area contributed by atoms with E-state index in [1.165, 1.54) is 33.6 Å². The summed E-state index contributed by atoms with van der Waals surface area (Å²) in [6, 6.07) is 20.8. The SMILES string of the molecule is COC(=O)c1ccc(C(C)c2ccc3c(c2)Cc2ccccc2S3)cc1Cl. The number of fused-ring (bicyclic) bond motifs is 2. The van der Waals surface area contributed by atoms with Gasteiger partial charge in [0.05, 0.1) is 17.7 Å². The van der Waals surface area contributed by atoms with Crippen LogP contribution in [0.4, 0.5) is 0 Å². The number of rotatable bonds is 3. The average molecular weight is 395 g/mol. The Bertz CT molecular complexity index is 1030. The molecule has 0 radical (unpaired) electrons. The van der Waals surface area contributed by atoms with Crippen molar-refractivity contribution < 1.29 is 9.53 Å². The molecule has 136 valence electrons. The molecular weight excluding hydrogens is 376 g/mol. The van der Waals surface area contributed by atoms with Crippen LogP contribution in [-0.4, -0.2) is 13.1 Å². The second-order valence-electron chi connectivity index (χ2n) is 6.71. The highest BCUT2D eigenvalue weighted by Crippen LogP contribution is 2.41. The zero-order valence-electron chi connectivity index (χ0n) is 15.2. The molecule has 0 spiro atoms. The number of methoxy groups -OCH3 is 1. The van der Waals surface area contributed by atoms with E-state index >= 15 is 0 Å². The third-order valence-corrected chi connectivity index (χ3v) is 6.61. The van der Waals surface area contributed by atoms with Crippen LogP contribution in [0.5, 0.6) is 0 Å². The molecule has 1 aliphatic rings. The van der Waals surface area contributed by atoms with Gasteiger partial charge in [0.25, 0.3) is 0 Å². The van der Waals surface area contributed by atoms with E-state index in [1.54, 1.807) is 6.07 Å². The van der Waals surface area contributed by atoms with Crippen LogP contribution in [0, 0.1) is 0 Å². The number of carbonyl (C=O) groups excluding carboxylic acids is 1. The smallest absolute Gasteiger partial charge is 0.339 e. The molecule has 3 aromatic carbocycles. The number of benzene rings is 3. The molecule has 0 bridgehead atoms. The molecule has 4 rings (SSSR count). The van der Waals surface area contributed by atoms with Gasteiger partial charge in [-0.05, 0) is 52.9 Å². The number of hydrogen-bond donors (Lipinski definition) is 0. The monoisotopic (exact) mass is 394 g/mol. The van der Waals surface area contributed by atoms with Crippen molar-refractivity contribution in [3.05, 3.63) is 93.5 Å². The summed E-state index contributed by atoms with van der Waals surface area (Å²) in [5.41, 5.74) is 5.46. The molecule has 1 heterocycles. The Balaban J connectivity index is 1.63. The third kappa shape index (κ3) is 3.50. The second-order valence-corrected chi connectivity index (χ2v) is 8.20. The van der Waals surface area contributed by atoms with Gasteiger partial charge >= 0.3 is 5.97 Å². The first-order valence-corrected chi connectivity index (χ1v) is 10.0. The lowest BCUT2D eigenvalue weighted by molar-refractivity contribution is 0.0601. The predicted octanol–water partition coefficient (Wildman–Crippen LogP) is 6.33. The molecule has 3 aromatic rings. The quantitative estimate of drug-likeness (QED) is 0.379. The fourth-order valence-corrected chi connectivity index (χ4v) is 4.77. The summed E-state index contributed by atoms with van der Waals surface area (Å²) in [6.45, 7) is 2.16. The maximum atomic E-state index is 11.7. The van der Waals surface area contributed by atoms with Gasteiger partial charge < -0.3 is 4.74 Å². The van der Waals surface area contributed by atoms with E-state index < -0.39 is 5.97 Å². The first kappa shape index (κ1) is 18.1. The van der Waals surface area contributed by atoms with Crippen molar-refractivity contribution in [2.45, 2.75) is 29.1 Å². The van der Waals surface area contributed by atoms with E-state index in [-0.39, 0.29) is 5.92 Å². The lowest BCUT2D eigenvalue weighted by atomic mass is 9.90. The molecule has 1 aliphatic heterocycles. The molecule has 0 fully saturated rings. The molecule has 0 saturated carbocycles. The van der Waals surface area contributed by atoms with Crippen molar-refractivity contribution in [2.24, 2.45) is 0 Å². The van der Waals surface area contributed by atoms with Gasteiger partial charge in [-0.15, -0.1) is 0 Å². The number of esters is 1. The van der Waals surface area contributed by atoms with Crippen LogP contribution >= 0.6 is 23.4 Å². The van der Waals surface area contributed by atoms with Gasteiger partial charge in [-0.3, -0.25) is 0 Å². The number of ether oxygens (including phenoxy) is 1. The minimum absolute atomic E-state index is 0.182. The lowest BCUT2D eigenvalue weighted by Gasteiger charge is -2.21. The van der Waals surface area contributed by atoms with Crippen LogP contribution < -0.4 is 0 Å². The number of hydrogen-bond acceptors (Lipinski definition) is 3. The highest BCUT2D eigenvalue weighted by molar-refractivity contribution is 7.99. The first-order valence-electron chi connectivity index (χ1n) is 8.83. The Kier molecular flexibility index (Phi) is 4.98. The largest absolute Gasteiger partial charge is 0.465 e. The zero-order valence-corrected chi connectivity index (χ0v) is 16.7. The molecule has 0 aromatic heterocycles. The van der Waals surface area contributed by atoms with Crippen molar-refractivity contribution in [1.82, 2.24) is 0 Å². The van der Waals surface area contributed by atoms with E-state index in [0.717, 1.165) is 12.0 Å². The Morgan fingerprint density at radius 3 is 2.48 bits per heavy atom. The highest BCUT2D eigenvalue weighted by Gasteiger charge is 2.19. The second kappa shape index (κ2) is 7.41. The summed E-state index contributed by atoms with van der Waals surface area (Å²) in [6.07, 6.45) is 0.959. The molecule has 27 heavy (non-hydrogen) atoms. The van der Waals surface area contributed by atoms with Crippen molar-refractivity contribution in [3.63, 3.8) is 0 Å². The summed E-state index contributed by atoms with van der Waals surface area (Å²) in [5, 5.41) is 0.425. The normalized spacial score (nSPS) is 13.4. The maximum absolute atomic E-state index is 11.7. The van der Waals surface area contributed by atoms with Crippen LogP contribution in [-0.2, 0) is 11.2 Å². The minimum atomic E-state index is -0.413. The zero-order chi connectivity index (χ0) is 19.0. The fourth-order valence-electron chi connectivity index (χ4n) is 3.45. The van der Waals surface area contributed by atoms with Crippen LogP contribution in [0.1, 0.15) is 45.5 Å². The van der Waals surface area contributed by atoms with Crippen LogP contribution in [0.3, 0.4) is 0 Å². The predicted molar refractivity (Wildman–Crippen MR) is 110 cm³/mol. The Morgan fingerprint density at radius 1 is 1.00 bits per heavy atom. The van der Waals surface area contributed by atoms with Gasteiger partial charge in [0.15, 0.2) is 0 Å². The molecule has 0 aliphatic carbocycles. The molecule has 0 N–H and O–H groups in total. The number of carbonyl (C=O) groups is 1. The summed E-state index contributed by atoms with van der Waals surface area (Å²) in [7, 11) is 1.36. The molecule has 0 amide bonds. The molecule has 0 saturated heterocycles. The van der Waals surface area contributed by atoms with Crippen LogP contribution in [0.15, 0.2) is 70.5 Å². The topological polar surface area (TPSA) is 26.3 Å². The van der Waals surface area contributed by atoms with Crippen molar-refractivity contribution in [1.29, 1.82) is 0 Å². The molecule has 1 atom stereocenters. The van der Waals surface area contributed by atoms with E-state index in [9.17, 15) is 4.79 Å². The summed E-state index contributed by atoms with van der Waals surface area (Å²) in [4.78, 5) is 14.4. The van der Waals surface area contributed by atoms with Crippen LogP contribution in [0.2, 0.25) is 5.02 Å². The Morgan fingerprint density at radius 2 is 1.70 bits per heavy atom. The minimum Gasteiger partial charge on any atom is -0.465 e. The van der Waals surface area contributed by atoms with E-state index in [0.29, 0.717) is 10.6 Å². The van der Waals surface area contributed by atoms with Gasteiger partial charge in [0, 0.05) is 15.7 Å². The standard InChI is InChI=1S/C23H19ClO2S/c1-14(16-7-9-19(20(24)13-16)23(25)26-2)15-8-10-22-18(11-15)12-17-5-3-4-6-21(17)27-22/h3-11,13-14H,12H2,1-2H3. The summed E-state index contributed by atoms with van der Waals surface area (Å²) >= 11 is 8.14. The molecule has 1 unspecified atom stereocenters. The van der Waals surface area contributed by atoms with E-state index in [2.05, 4.69) is 49.4 Å². The maximum Gasteiger partial charge on any atom is 0.339 e. The average Bonchev–Trinajstić information content (AvgIpc) is 2.70. The number of halogens is 1. The van der Waals surface area contributed by atoms with E-state index in [1.807, 2.05) is 23.9 Å². The highest BCUT2D eigenvalue weighted by atomic mass is 35.5. The van der Waals surface area contributed by atoms with Crippen LogP contribution in [0.25, 0.3) is 0 Å². The first-order chi connectivity index (χ1) is 13.1. The molecule has 4 heteroatoms. The fraction of sp³-hybridized carbons (Fsp3) is 0.174. The summed E-state index contributed by atoms with van der Waals surface area (Å²) < 4.78 is 4.77. The summed E-state index contributed by atoms with van der Waals surface area (Å²) in [5.74, 6) is -0.231. The third-order valence-electron chi connectivity index (χ3n) is 5.06. The lowest BCUT2D eigenvalue weighted by Crippen LogP contribution is -2.05. The van der Waals surface area contributed by atoms with Gasteiger partial charge in [0.2, 0.25) is 0 Å². The van der Waals surface area contributed by atoms with Gasteiger partial charge in [-0.1, -0.05) is 66.7 Å². The Hall–Kier alpha value is -2.23. The van der Waals surface area contributed by atoms with Crippen molar-refractivity contribution in [3.8, 4) is 0 Å². The van der Waals surface area contributed by atoms with Gasteiger partial charge in [0.1, 0.15) is 0 Å².